The van der Waals surface area contributed by atoms with E-state index in [2.05, 4.69) is 11.1 Å². The third-order valence-electron chi connectivity index (χ3n) is 6.09. The van der Waals surface area contributed by atoms with Crippen LogP contribution in [0.25, 0.3) is 5.57 Å². The Balaban J connectivity index is 1.71. The molecule has 30 heavy (non-hydrogen) atoms. The lowest BCUT2D eigenvalue weighted by Crippen LogP contribution is -2.14. The quantitative estimate of drug-likeness (QED) is 0.577. The summed E-state index contributed by atoms with van der Waals surface area (Å²) in [4.78, 5) is 26.6. The Kier molecular flexibility index (Phi) is 6.11. The monoisotopic (exact) mass is 427 g/mol. The van der Waals surface area contributed by atoms with Crippen molar-refractivity contribution in [1.29, 1.82) is 0 Å². The summed E-state index contributed by atoms with van der Waals surface area (Å²) in [5.41, 5.74) is 3.72. The van der Waals surface area contributed by atoms with Gasteiger partial charge in [0.1, 0.15) is 0 Å². The van der Waals surface area contributed by atoms with Crippen molar-refractivity contribution in [1.82, 2.24) is 4.98 Å². The van der Waals surface area contributed by atoms with Gasteiger partial charge in [-0.3, -0.25) is 9.59 Å². The largest absolute Gasteiger partial charge is 0.481 e. The number of H-pyrrole nitrogens is 1. The summed E-state index contributed by atoms with van der Waals surface area (Å²) in [6.07, 6.45) is 7.44. The Morgan fingerprint density at radius 1 is 1.17 bits per heavy atom. The number of pyridine rings is 1. The first-order chi connectivity index (χ1) is 14.4. The van der Waals surface area contributed by atoms with Crippen molar-refractivity contribution >= 4 is 23.1 Å². The van der Waals surface area contributed by atoms with Crippen LogP contribution in [0.1, 0.15) is 79.4 Å². The van der Waals surface area contributed by atoms with Gasteiger partial charge < -0.3 is 15.2 Å². The van der Waals surface area contributed by atoms with Crippen molar-refractivity contribution in [2.24, 2.45) is 5.92 Å². The van der Waals surface area contributed by atoms with E-state index in [1.165, 1.54) is 12.8 Å². The van der Waals surface area contributed by atoms with Gasteiger partial charge in [-0.1, -0.05) is 48.7 Å². The molecule has 2 fully saturated rings. The maximum absolute atomic E-state index is 12.6. The lowest BCUT2D eigenvalue weighted by molar-refractivity contribution is -0.139. The lowest BCUT2D eigenvalue weighted by atomic mass is 9.94. The SMILES string of the molecule is O=C(O)C[C@H](O)c1ccc(/C(=C\C2CCCC2)c2ccc(C3CC3)c(=O)[nH]2)cc1Cl. The van der Waals surface area contributed by atoms with Gasteiger partial charge in [-0.2, -0.15) is 0 Å². The third kappa shape index (κ3) is 4.68. The average Bonchev–Trinajstić information content (AvgIpc) is 3.40. The molecule has 0 spiro atoms. The molecule has 2 aromatic rings. The Morgan fingerprint density at radius 3 is 2.50 bits per heavy atom. The van der Waals surface area contributed by atoms with Crippen LogP contribution in [0.2, 0.25) is 5.02 Å². The highest BCUT2D eigenvalue weighted by Gasteiger charge is 2.26. The Morgan fingerprint density at radius 2 is 1.90 bits per heavy atom. The minimum absolute atomic E-state index is 0.0353. The molecule has 3 N–H and O–H groups in total. The Bertz CT molecular complexity index is 1030. The van der Waals surface area contributed by atoms with E-state index in [-0.39, 0.29) is 5.56 Å². The number of carbonyl (C=O) groups is 1. The van der Waals surface area contributed by atoms with Crippen LogP contribution in [0.5, 0.6) is 0 Å². The zero-order valence-corrected chi connectivity index (χ0v) is 17.5. The number of aromatic nitrogens is 1. The topological polar surface area (TPSA) is 90.4 Å². The molecule has 1 aromatic carbocycles. The maximum Gasteiger partial charge on any atom is 0.306 e. The van der Waals surface area contributed by atoms with E-state index in [4.69, 9.17) is 16.7 Å². The molecule has 0 radical (unpaired) electrons. The van der Waals surface area contributed by atoms with Crippen LogP contribution in [0.3, 0.4) is 0 Å². The van der Waals surface area contributed by atoms with E-state index < -0.39 is 18.5 Å². The highest BCUT2D eigenvalue weighted by Crippen LogP contribution is 2.39. The number of carboxylic acid groups (broad SMARTS) is 1. The first-order valence-corrected chi connectivity index (χ1v) is 10.9. The Labute approximate surface area is 180 Å². The number of aliphatic hydroxyl groups is 1. The molecule has 4 rings (SSSR count). The van der Waals surface area contributed by atoms with Crippen LogP contribution in [0.15, 0.2) is 41.2 Å². The van der Waals surface area contributed by atoms with Crippen molar-refractivity contribution in [3.63, 3.8) is 0 Å². The standard InChI is InChI=1S/C24H26ClNO4/c25-20-12-16(7-8-18(20)22(27)13-23(28)29)19(11-14-3-1-2-4-14)21-10-9-17(15-5-6-15)24(30)26-21/h7-12,14-15,22,27H,1-6,13H2,(H,26,30)(H,28,29)/b19-11+/t22-/m0/s1. The third-order valence-corrected chi connectivity index (χ3v) is 6.42. The second-order valence-electron chi connectivity index (χ2n) is 8.41. The van der Waals surface area contributed by atoms with Gasteiger partial charge in [-0.05, 0) is 60.8 Å². The molecule has 0 aliphatic heterocycles. The normalized spacial score (nSPS) is 18.5. The number of carboxylic acids is 1. The molecular formula is C24H26ClNO4. The predicted octanol–water partition coefficient (Wildman–Crippen LogP) is 5.04. The zero-order chi connectivity index (χ0) is 21.3. The van der Waals surface area contributed by atoms with E-state index in [9.17, 15) is 14.7 Å². The zero-order valence-electron chi connectivity index (χ0n) is 16.7. The van der Waals surface area contributed by atoms with Crippen molar-refractivity contribution in [3.8, 4) is 0 Å². The van der Waals surface area contributed by atoms with E-state index in [0.717, 1.165) is 48.1 Å². The molecule has 0 saturated heterocycles. The molecule has 1 aromatic heterocycles. The van der Waals surface area contributed by atoms with E-state index in [0.29, 0.717) is 22.4 Å². The first-order valence-electron chi connectivity index (χ1n) is 10.6. The lowest BCUT2D eigenvalue weighted by Gasteiger charge is -2.16. The fourth-order valence-electron chi connectivity index (χ4n) is 4.30. The van der Waals surface area contributed by atoms with Crippen molar-refractivity contribution in [2.75, 3.05) is 0 Å². The summed E-state index contributed by atoms with van der Waals surface area (Å²) in [6.45, 7) is 0. The first kappa shape index (κ1) is 20.9. The van der Waals surface area contributed by atoms with Gasteiger partial charge in [0.05, 0.1) is 12.5 Å². The molecule has 6 heteroatoms. The van der Waals surface area contributed by atoms with Crippen LogP contribution in [0.4, 0.5) is 0 Å². The van der Waals surface area contributed by atoms with Gasteiger partial charge in [-0.15, -0.1) is 0 Å². The number of aromatic amines is 1. The van der Waals surface area contributed by atoms with Crippen LogP contribution in [-0.4, -0.2) is 21.2 Å². The van der Waals surface area contributed by atoms with Crippen LogP contribution in [-0.2, 0) is 4.79 Å². The number of nitrogens with one attached hydrogen (secondary N) is 1. The maximum atomic E-state index is 12.6. The molecule has 0 amide bonds. The molecular weight excluding hydrogens is 402 g/mol. The van der Waals surface area contributed by atoms with E-state index in [1.807, 2.05) is 18.2 Å². The summed E-state index contributed by atoms with van der Waals surface area (Å²) < 4.78 is 0. The summed E-state index contributed by atoms with van der Waals surface area (Å²) in [6, 6.07) is 9.15. The fraction of sp³-hybridized carbons (Fsp3) is 0.417. The molecule has 2 saturated carbocycles. The number of allylic oxidation sites excluding steroid dienone is 1. The second kappa shape index (κ2) is 8.78. The Hall–Kier alpha value is -2.37. The second-order valence-corrected chi connectivity index (χ2v) is 8.81. The molecule has 158 valence electrons. The highest BCUT2D eigenvalue weighted by atomic mass is 35.5. The molecule has 1 heterocycles. The summed E-state index contributed by atoms with van der Waals surface area (Å²) in [5.74, 6) is -0.255. The number of aliphatic hydroxyl groups excluding tert-OH is 1. The van der Waals surface area contributed by atoms with E-state index in [1.54, 1.807) is 12.1 Å². The predicted molar refractivity (Wildman–Crippen MR) is 117 cm³/mol. The number of aliphatic carboxylic acids is 1. The van der Waals surface area contributed by atoms with E-state index >= 15 is 0 Å². The molecule has 2 aliphatic rings. The van der Waals surface area contributed by atoms with Gasteiger partial charge in [0.15, 0.2) is 0 Å². The van der Waals surface area contributed by atoms with Crippen LogP contribution >= 0.6 is 11.6 Å². The summed E-state index contributed by atoms with van der Waals surface area (Å²) >= 11 is 6.41. The highest BCUT2D eigenvalue weighted by molar-refractivity contribution is 6.31. The fourth-order valence-corrected chi connectivity index (χ4v) is 4.61. The molecule has 2 aliphatic carbocycles. The van der Waals surface area contributed by atoms with Gasteiger partial charge in [0.25, 0.3) is 5.56 Å². The van der Waals surface area contributed by atoms with Gasteiger partial charge in [0, 0.05) is 21.9 Å². The van der Waals surface area contributed by atoms with Gasteiger partial charge in [0.2, 0.25) is 0 Å². The van der Waals surface area contributed by atoms with Crippen molar-refractivity contribution in [3.05, 3.63) is 74.2 Å². The van der Waals surface area contributed by atoms with Crippen LogP contribution < -0.4 is 5.56 Å². The van der Waals surface area contributed by atoms with Crippen LogP contribution in [0, 0.1) is 5.92 Å². The number of hydrogen-bond donors (Lipinski definition) is 3. The molecule has 1 atom stereocenters. The minimum Gasteiger partial charge on any atom is -0.481 e. The molecule has 0 unspecified atom stereocenters. The number of hydrogen-bond acceptors (Lipinski definition) is 3. The number of benzene rings is 1. The van der Waals surface area contributed by atoms with Gasteiger partial charge in [-0.25, -0.2) is 0 Å². The number of rotatable bonds is 7. The van der Waals surface area contributed by atoms with Crippen molar-refractivity contribution in [2.45, 2.75) is 57.0 Å². The summed E-state index contributed by atoms with van der Waals surface area (Å²) in [5, 5.41) is 19.4. The van der Waals surface area contributed by atoms with Crippen molar-refractivity contribution < 1.29 is 15.0 Å². The minimum atomic E-state index is -1.16. The number of halogens is 1. The molecule has 0 bridgehead atoms. The molecule has 5 nitrogen and oxygen atoms in total. The smallest absolute Gasteiger partial charge is 0.306 e. The van der Waals surface area contributed by atoms with Gasteiger partial charge >= 0.3 is 5.97 Å². The summed E-state index contributed by atoms with van der Waals surface area (Å²) in [7, 11) is 0. The average molecular weight is 428 g/mol.